The van der Waals surface area contributed by atoms with Crippen LogP contribution in [0.2, 0.25) is 0 Å². The maximum atomic E-state index is 12.8. The summed E-state index contributed by atoms with van der Waals surface area (Å²) in [5.74, 6) is -1.33. The second-order valence-electron chi connectivity index (χ2n) is 6.67. The molecule has 0 saturated heterocycles. The molecule has 0 aromatic heterocycles. The van der Waals surface area contributed by atoms with Crippen LogP contribution < -0.4 is 0 Å². The highest BCUT2D eigenvalue weighted by atomic mass is 35.5. The summed E-state index contributed by atoms with van der Waals surface area (Å²) in [7, 11) is 0. The molecule has 5 heteroatoms. The van der Waals surface area contributed by atoms with Crippen molar-refractivity contribution in [3.8, 4) is 0 Å². The molecule has 1 rings (SSSR count). The van der Waals surface area contributed by atoms with Crippen molar-refractivity contribution in [3.05, 3.63) is 35.6 Å². The van der Waals surface area contributed by atoms with Crippen LogP contribution in [-0.4, -0.2) is 15.4 Å². The molecule has 0 aliphatic rings. The van der Waals surface area contributed by atoms with Gasteiger partial charge in [-0.25, -0.2) is 9.18 Å². The highest BCUT2D eigenvalue weighted by Crippen LogP contribution is 2.28. The van der Waals surface area contributed by atoms with Crippen LogP contribution in [0.25, 0.3) is 0 Å². The van der Waals surface area contributed by atoms with Crippen LogP contribution in [-0.2, 0) is 11.2 Å². The highest BCUT2D eigenvalue weighted by molar-refractivity contribution is 6.57. The molecule has 0 amide bonds. The summed E-state index contributed by atoms with van der Waals surface area (Å²) in [6.07, 6.45) is 12.7. The molecule has 0 bridgehead atoms. The third kappa shape index (κ3) is 10.7. The molecule has 0 spiro atoms. The van der Waals surface area contributed by atoms with Gasteiger partial charge in [-0.1, -0.05) is 86.7 Å². The third-order valence-electron chi connectivity index (χ3n) is 4.43. The molecule has 1 N–H and O–H groups in total. The molecule has 142 valence electrons. The summed E-state index contributed by atoms with van der Waals surface area (Å²) in [6.45, 7) is 0. The van der Waals surface area contributed by atoms with Crippen molar-refractivity contribution in [3.63, 3.8) is 0 Å². The van der Waals surface area contributed by atoms with Gasteiger partial charge in [0, 0.05) is 0 Å². The van der Waals surface area contributed by atoms with Gasteiger partial charge in [0.1, 0.15) is 5.82 Å². The number of carbonyl (C=O) groups is 1. The Morgan fingerprint density at radius 3 is 1.76 bits per heavy atom. The van der Waals surface area contributed by atoms with Crippen molar-refractivity contribution in [2.24, 2.45) is 0 Å². The van der Waals surface area contributed by atoms with Crippen molar-refractivity contribution >= 4 is 29.2 Å². The van der Waals surface area contributed by atoms with Gasteiger partial charge in [-0.15, -0.1) is 0 Å². The lowest BCUT2D eigenvalue weighted by atomic mass is 10.0. The molecular formula is C20H29Cl2FO2. The SMILES string of the molecule is O=C(O)C(Cl)(Cl)CCCCCCCCCCCCc1ccc(F)cc1. The molecule has 25 heavy (non-hydrogen) atoms. The lowest BCUT2D eigenvalue weighted by Crippen LogP contribution is -2.25. The monoisotopic (exact) mass is 390 g/mol. The summed E-state index contributed by atoms with van der Waals surface area (Å²) < 4.78 is 11.2. The zero-order valence-electron chi connectivity index (χ0n) is 14.8. The predicted molar refractivity (Wildman–Crippen MR) is 103 cm³/mol. The first-order chi connectivity index (χ1) is 11.9. The standard InChI is InChI=1S/C20H29Cl2FO2/c21-20(22,19(24)25)16-10-8-6-4-2-1-3-5-7-9-11-17-12-14-18(23)15-13-17/h12-15H,1-11,16H2,(H,24,25). The van der Waals surface area contributed by atoms with Crippen LogP contribution in [0.1, 0.15) is 76.2 Å². The Bertz CT molecular complexity index is 489. The molecule has 0 fully saturated rings. The van der Waals surface area contributed by atoms with Gasteiger partial charge in [-0.3, -0.25) is 0 Å². The average molecular weight is 391 g/mol. The number of aliphatic carboxylic acids is 1. The number of aryl methyl sites for hydroxylation is 1. The van der Waals surface area contributed by atoms with Gasteiger partial charge in [0.05, 0.1) is 0 Å². The number of hydrogen-bond donors (Lipinski definition) is 1. The first-order valence-corrected chi connectivity index (χ1v) is 10.0. The van der Waals surface area contributed by atoms with Crippen LogP contribution in [0.3, 0.4) is 0 Å². The summed E-state index contributed by atoms with van der Waals surface area (Å²) in [6, 6.07) is 6.78. The molecule has 0 aliphatic carbocycles. The minimum atomic E-state index is -1.63. The van der Waals surface area contributed by atoms with Gasteiger partial charge in [0.15, 0.2) is 0 Å². The van der Waals surface area contributed by atoms with E-state index in [4.69, 9.17) is 28.3 Å². The molecule has 0 saturated carbocycles. The van der Waals surface area contributed by atoms with Gasteiger partial charge in [-0.05, 0) is 43.4 Å². The Hall–Kier alpha value is -0.800. The Morgan fingerprint density at radius 2 is 1.28 bits per heavy atom. The number of halogens is 3. The molecule has 0 radical (unpaired) electrons. The van der Waals surface area contributed by atoms with Crippen molar-refractivity contribution in [1.29, 1.82) is 0 Å². The number of rotatable bonds is 14. The summed E-state index contributed by atoms with van der Waals surface area (Å²) in [4.78, 5) is 10.7. The van der Waals surface area contributed by atoms with Crippen LogP contribution in [0.15, 0.2) is 24.3 Å². The van der Waals surface area contributed by atoms with Crippen LogP contribution in [0.4, 0.5) is 4.39 Å². The zero-order valence-corrected chi connectivity index (χ0v) is 16.3. The molecule has 0 unspecified atom stereocenters. The lowest BCUT2D eigenvalue weighted by molar-refractivity contribution is -0.138. The minimum absolute atomic E-state index is 0.171. The topological polar surface area (TPSA) is 37.3 Å². The van der Waals surface area contributed by atoms with Crippen molar-refractivity contribution in [2.75, 3.05) is 0 Å². The number of carboxylic acid groups (broad SMARTS) is 1. The van der Waals surface area contributed by atoms with Gasteiger partial charge < -0.3 is 5.11 Å². The Morgan fingerprint density at radius 1 is 0.840 bits per heavy atom. The fourth-order valence-corrected chi connectivity index (χ4v) is 3.12. The lowest BCUT2D eigenvalue weighted by Gasteiger charge is -2.13. The number of unbranched alkanes of at least 4 members (excludes halogenated alkanes) is 9. The average Bonchev–Trinajstić information content (AvgIpc) is 2.57. The van der Waals surface area contributed by atoms with E-state index < -0.39 is 10.3 Å². The zero-order chi connectivity index (χ0) is 18.5. The second kappa shape index (κ2) is 12.5. The van der Waals surface area contributed by atoms with Crippen molar-refractivity contribution in [2.45, 2.75) is 81.4 Å². The largest absolute Gasteiger partial charge is 0.479 e. The van der Waals surface area contributed by atoms with Crippen molar-refractivity contribution in [1.82, 2.24) is 0 Å². The van der Waals surface area contributed by atoms with E-state index in [0.29, 0.717) is 6.42 Å². The summed E-state index contributed by atoms with van der Waals surface area (Å²) >= 11 is 11.4. The van der Waals surface area contributed by atoms with E-state index >= 15 is 0 Å². The van der Waals surface area contributed by atoms with Crippen molar-refractivity contribution < 1.29 is 14.3 Å². The fourth-order valence-electron chi connectivity index (χ4n) is 2.85. The number of carboxylic acids is 1. The number of alkyl halides is 2. The first-order valence-electron chi connectivity index (χ1n) is 9.27. The number of benzene rings is 1. The van der Waals surface area contributed by atoms with E-state index in [1.165, 1.54) is 56.2 Å². The third-order valence-corrected chi connectivity index (χ3v) is 5.13. The quantitative estimate of drug-likeness (QED) is 0.276. The maximum Gasteiger partial charge on any atom is 0.340 e. The van der Waals surface area contributed by atoms with E-state index in [1.54, 1.807) is 0 Å². The molecule has 0 aliphatic heterocycles. The van der Waals surface area contributed by atoms with Gasteiger partial charge in [0.2, 0.25) is 4.33 Å². The molecule has 0 heterocycles. The minimum Gasteiger partial charge on any atom is -0.479 e. The smallest absolute Gasteiger partial charge is 0.340 e. The molecule has 2 nitrogen and oxygen atoms in total. The van der Waals surface area contributed by atoms with Gasteiger partial charge in [0.25, 0.3) is 0 Å². The Labute approximate surface area is 160 Å². The summed E-state index contributed by atoms with van der Waals surface area (Å²) in [5, 5.41) is 8.80. The Kier molecular flexibility index (Phi) is 11.2. The van der Waals surface area contributed by atoms with E-state index in [0.717, 1.165) is 32.1 Å². The normalized spacial score (nSPS) is 11.6. The summed E-state index contributed by atoms with van der Waals surface area (Å²) in [5.41, 5.74) is 1.21. The van der Waals surface area contributed by atoms with E-state index in [1.807, 2.05) is 12.1 Å². The molecular weight excluding hydrogens is 362 g/mol. The first kappa shape index (κ1) is 22.2. The van der Waals surface area contributed by atoms with E-state index in [9.17, 15) is 9.18 Å². The highest BCUT2D eigenvalue weighted by Gasteiger charge is 2.32. The Balaban J connectivity index is 1.86. The molecule has 1 aromatic rings. The maximum absolute atomic E-state index is 12.8. The van der Waals surface area contributed by atoms with Crippen LogP contribution in [0, 0.1) is 5.82 Å². The number of hydrogen-bond acceptors (Lipinski definition) is 1. The van der Waals surface area contributed by atoms with Crippen LogP contribution in [0.5, 0.6) is 0 Å². The van der Waals surface area contributed by atoms with Gasteiger partial charge >= 0.3 is 5.97 Å². The van der Waals surface area contributed by atoms with Gasteiger partial charge in [-0.2, -0.15) is 0 Å². The molecule has 1 aromatic carbocycles. The fraction of sp³-hybridized carbons (Fsp3) is 0.650. The molecule has 0 atom stereocenters. The van der Waals surface area contributed by atoms with Crippen LogP contribution >= 0.6 is 23.2 Å². The second-order valence-corrected chi connectivity index (χ2v) is 8.16. The van der Waals surface area contributed by atoms with E-state index in [-0.39, 0.29) is 5.82 Å². The predicted octanol–water partition coefficient (Wildman–Crippen LogP) is 6.92. The van der Waals surface area contributed by atoms with E-state index in [2.05, 4.69) is 0 Å².